The Bertz CT molecular complexity index is 753. The third-order valence-electron chi connectivity index (χ3n) is 5.65. The molecule has 1 saturated heterocycles. The van der Waals surface area contributed by atoms with Gasteiger partial charge in [-0.3, -0.25) is 19.3 Å². The number of benzene rings is 1. The highest BCUT2D eigenvalue weighted by Gasteiger charge is 2.59. The molecule has 0 spiro atoms. The fourth-order valence-electron chi connectivity index (χ4n) is 4.28. The topological polar surface area (TPSA) is 66.5 Å². The minimum absolute atomic E-state index is 0.171. The molecular formula is C19H20N2O3. The van der Waals surface area contributed by atoms with E-state index in [0.717, 1.165) is 22.4 Å². The molecule has 1 aliphatic heterocycles. The van der Waals surface area contributed by atoms with Crippen molar-refractivity contribution in [2.24, 2.45) is 23.7 Å². The Morgan fingerprint density at radius 3 is 2.29 bits per heavy atom. The maximum absolute atomic E-state index is 12.6. The molecule has 2 bridgehead atoms. The van der Waals surface area contributed by atoms with Gasteiger partial charge in [0, 0.05) is 5.69 Å². The molecular weight excluding hydrogens is 304 g/mol. The van der Waals surface area contributed by atoms with E-state index in [9.17, 15) is 14.4 Å². The van der Waals surface area contributed by atoms with E-state index in [1.54, 1.807) is 0 Å². The lowest BCUT2D eigenvalue weighted by atomic mass is 9.85. The van der Waals surface area contributed by atoms with Gasteiger partial charge in [0.2, 0.25) is 17.7 Å². The van der Waals surface area contributed by atoms with E-state index < -0.39 is 0 Å². The number of hydrogen-bond acceptors (Lipinski definition) is 3. The molecule has 0 aromatic heterocycles. The van der Waals surface area contributed by atoms with Crippen LogP contribution in [-0.4, -0.2) is 29.2 Å². The molecule has 5 heteroatoms. The summed E-state index contributed by atoms with van der Waals surface area (Å²) in [6.45, 7) is 3.78. The van der Waals surface area contributed by atoms with Crippen molar-refractivity contribution in [2.75, 3.05) is 11.9 Å². The van der Waals surface area contributed by atoms with Crippen LogP contribution in [0.4, 0.5) is 5.69 Å². The summed E-state index contributed by atoms with van der Waals surface area (Å²) in [5.41, 5.74) is 2.91. The zero-order valence-corrected chi connectivity index (χ0v) is 13.8. The Hall–Kier alpha value is -2.43. The number of nitrogens with one attached hydrogen (secondary N) is 1. The average Bonchev–Trinajstić information content (AvgIpc) is 3.21. The zero-order chi connectivity index (χ0) is 17.0. The second-order valence-electron chi connectivity index (χ2n) is 7.11. The molecule has 1 aromatic carbocycles. The van der Waals surface area contributed by atoms with E-state index in [2.05, 4.69) is 17.5 Å². The standard InChI is InChI=1S/C19H20N2O3/c1-10-3-6-14(7-11(10)2)20-15(22)9-21-18(23)16-12-4-5-13(8-12)17(16)19(21)24/h3-7,12-13,16-17H,8-9H2,1-2H3,(H,20,22)/t12-,13-,16-,17-/m0/s1. The van der Waals surface area contributed by atoms with Crippen molar-refractivity contribution in [3.63, 3.8) is 0 Å². The Kier molecular flexibility index (Phi) is 3.34. The Labute approximate surface area is 140 Å². The van der Waals surface area contributed by atoms with Crippen LogP contribution in [0.2, 0.25) is 0 Å². The Balaban J connectivity index is 1.46. The van der Waals surface area contributed by atoms with E-state index in [1.807, 2.05) is 32.0 Å². The molecule has 24 heavy (non-hydrogen) atoms. The molecule has 5 nitrogen and oxygen atoms in total. The molecule has 124 valence electrons. The van der Waals surface area contributed by atoms with Gasteiger partial charge in [0.1, 0.15) is 6.54 Å². The molecule has 4 rings (SSSR count). The van der Waals surface area contributed by atoms with Crippen LogP contribution in [0.1, 0.15) is 17.5 Å². The Morgan fingerprint density at radius 1 is 1.08 bits per heavy atom. The minimum atomic E-state index is -0.333. The molecule has 1 aromatic rings. The van der Waals surface area contributed by atoms with Gasteiger partial charge in [-0.2, -0.15) is 0 Å². The number of allylic oxidation sites excluding steroid dienone is 2. The monoisotopic (exact) mass is 324 g/mol. The number of fused-ring (bicyclic) bond motifs is 5. The van der Waals surface area contributed by atoms with E-state index in [1.165, 1.54) is 0 Å². The van der Waals surface area contributed by atoms with Gasteiger partial charge in [0.25, 0.3) is 0 Å². The largest absolute Gasteiger partial charge is 0.325 e. The van der Waals surface area contributed by atoms with Crippen LogP contribution in [-0.2, 0) is 14.4 Å². The summed E-state index contributed by atoms with van der Waals surface area (Å²) in [6, 6.07) is 5.65. The van der Waals surface area contributed by atoms with Crippen molar-refractivity contribution in [1.82, 2.24) is 4.90 Å². The SMILES string of the molecule is Cc1ccc(NC(=O)CN2C(=O)[C@@H]3[C@@H](C2=O)[C@H]2C=C[C@H]3C2)cc1C. The number of anilines is 1. The predicted molar refractivity (Wildman–Crippen MR) is 89.0 cm³/mol. The fraction of sp³-hybridized carbons (Fsp3) is 0.421. The van der Waals surface area contributed by atoms with Crippen molar-refractivity contribution in [3.8, 4) is 0 Å². The molecule has 2 aliphatic carbocycles. The second kappa shape index (κ2) is 5.30. The number of carbonyl (C=O) groups is 3. The summed E-state index contributed by atoms with van der Waals surface area (Å²) in [5, 5.41) is 2.78. The number of imide groups is 1. The highest BCUT2D eigenvalue weighted by molar-refractivity contribution is 6.09. The number of amides is 3. The second-order valence-corrected chi connectivity index (χ2v) is 7.11. The van der Waals surface area contributed by atoms with Gasteiger partial charge >= 0.3 is 0 Å². The zero-order valence-electron chi connectivity index (χ0n) is 13.8. The molecule has 0 radical (unpaired) electrons. The van der Waals surface area contributed by atoms with E-state index in [0.29, 0.717) is 5.69 Å². The van der Waals surface area contributed by atoms with Crippen LogP contribution < -0.4 is 5.32 Å². The third kappa shape index (κ3) is 2.19. The van der Waals surface area contributed by atoms with E-state index in [-0.39, 0.29) is 47.9 Å². The quantitative estimate of drug-likeness (QED) is 0.683. The molecule has 3 amide bonds. The smallest absolute Gasteiger partial charge is 0.244 e. The first-order valence-electron chi connectivity index (χ1n) is 8.36. The normalized spacial score (nSPS) is 30.2. The van der Waals surface area contributed by atoms with Gasteiger partial charge in [-0.25, -0.2) is 0 Å². The lowest BCUT2D eigenvalue weighted by Gasteiger charge is -2.17. The fourth-order valence-corrected chi connectivity index (χ4v) is 4.28. The van der Waals surface area contributed by atoms with Crippen molar-refractivity contribution in [1.29, 1.82) is 0 Å². The highest BCUT2D eigenvalue weighted by atomic mass is 16.2. The Morgan fingerprint density at radius 2 is 1.71 bits per heavy atom. The lowest BCUT2D eigenvalue weighted by molar-refractivity contribution is -0.143. The van der Waals surface area contributed by atoms with Gasteiger partial charge in [0.05, 0.1) is 11.8 Å². The first-order chi connectivity index (χ1) is 11.5. The first-order valence-corrected chi connectivity index (χ1v) is 8.36. The van der Waals surface area contributed by atoms with Gasteiger partial charge in [-0.1, -0.05) is 18.2 Å². The molecule has 4 atom stereocenters. The van der Waals surface area contributed by atoms with Crippen LogP contribution in [0.25, 0.3) is 0 Å². The maximum Gasteiger partial charge on any atom is 0.244 e. The number of rotatable bonds is 3. The van der Waals surface area contributed by atoms with Gasteiger partial charge in [-0.05, 0) is 55.4 Å². The number of likely N-dealkylation sites (tertiary alicyclic amines) is 1. The van der Waals surface area contributed by atoms with Crippen LogP contribution in [0.3, 0.4) is 0 Å². The third-order valence-corrected chi connectivity index (χ3v) is 5.65. The van der Waals surface area contributed by atoms with Crippen molar-refractivity contribution in [2.45, 2.75) is 20.3 Å². The van der Waals surface area contributed by atoms with Crippen LogP contribution >= 0.6 is 0 Å². The number of aryl methyl sites for hydroxylation is 2. The first kappa shape index (κ1) is 15.1. The van der Waals surface area contributed by atoms with Gasteiger partial charge in [0.15, 0.2) is 0 Å². The van der Waals surface area contributed by atoms with Crippen molar-refractivity contribution in [3.05, 3.63) is 41.5 Å². The predicted octanol–water partition coefficient (Wildman–Crippen LogP) is 2.05. The van der Waals surface area contributed by atoms with Crippen molar-refractivity contribution >= 4 is 23.4 Å². The summed E-state index contributed by atoms with van der Waals surface area (Å²) in [5.74, 6) is -0.855. The summed E-state index contributed by atoms with van der Waals surface area (Å²) in [7, 11) is 0. The summed E-state index contributed by atoms with van der Waals surface area (Å²) in [6.07, 6.45) is 5.00. The summed E-state index contributed by atoms with van der Waals surface area (Å²) in [4.78, 5) is 38.6. The highest BCUT2D eigenvalue weighted by Crippen LogP contribution is 2.52. The molecule has 1 heterocycles. The number of hydrogen-bond donors (Lipinski definition) is 1. The van der Waals surface area contributed by atoms with E-state index in [4.69, 9.17) is 0 Å². The van der Waals surface area contributed by atoms with Crippen molar-refractivity contribution < 1.29 is 14.4 Å². The van der Waals surface area contributed by atoms with Gasteiger partial charge < -0.3 is 5.32 Å². The molecule has 3 aliphatic rings. The molecule has 1 N–H and O–H groups in total. The lowest BCUT2D eigenvalue weighted by Crippen LogP contribution is -2.39. The minimum Gasteiger partial charge on any atom is -0.325 e. The molecule has 1 saturated carbocycles. The van der Waals surface area contributed by atoms with Crippen LogP contribution in [0.5, 0.6) is 0 Å². The summed E-state index contributed by atoms with van der Waals surface area (Å²) >= 11 is 0. The number of carbonyl (C=O) groups excluding carboxylic acids is 3. The van der Waals surface area contributed by atoms with Gasteiger partial charge in [-0.15, -0.1) is 0 Å². The maximum atomic E-state index is 12.6. The van der Waals surface area contributed by atoms with Crippen LogP contribution in [0, 0.1) is 37.5 Å². The van der Waals surface area contributed by atoms with Crippen LogP contribution in [0.15, 0.2) is 30.4 Å². The molecule has 0 unspecified atom stereocenters. The number of nitrogens with zero attached hydrogens (tertiary/aromatic N) is 1. The van der Waals surface area contributed by atoms with E-state index >= 15 is 0 Å². The molecule has 2 fully saturated rings. The summed E-state index contributed by atoms with van der Waals surface area (Å²) < 4.78 is 0. The average molecular weight is 324 g/mol.